The SMILES string of the molecule is Brc1ccc(CNc2ccc(-n3nccn3)cc2)cc1Br. The number of nitrogens with zero attached hydrogens (tertiary/aromatic N) is 3. The van der Waals surface area contributed by atoms with E-state index in [9.17, 15) is 0 Å². The van der Waals surface area contributed by atoms with E-state index < -0.39 is 0 Å². The van der Waals surface area contributed by atoms with E-state index in [0.29, 0.717) is 0 Å². The summed E-state index contributed by atoms with van der Waals surface area (Å²) >= 11 is 6.98. The van der Waals surface area contributed by atoms with Crippen molar-refractivity contribution in [1.29, 1.82) is 0 Å². The summed E-state index contributed by atoms with van der Waals surface area (Å²) < 4.78 is 2.12. The fraction of sp³-hybridized carbons (Fsp3) is 0.0667. The van der Waals surface area contributed by atoms with Crippen LogP contribution in [0.2, 0.25) is 0 Å². The summed E-state index contributed by atoms with van der Waals surface area (Å²) in [6.07, 6.45) is 3.33. The van der Waals surface area contributed by atoms with E-state index in [-0.39, 0.29) is 0 Å². The number of benzene rings is 2. The van der Waals surface area contributed by atoms with Gasteiger partial charge in [-0.05, 0) is 73.8 Å². The molecule has 0 spiro atoms. The summed E-state index contributed by atoms with van der Waals surface area (Å²) in [6, 6.07) is 14.2. The Hall–Kier alpha value is -1.66. The minimum Gasteiger partial charge on any atom is -0.381 e. The van der Waals surface area contributed by atoms with Crippen molar-refractivity contribution in [2.75, 3.05) is 5.32 Å². The molecule has 0 bridgehead atoms. The second kappa shape index (κ2) is 6.41. The van der Waals surface area contributed by atoms with Crippen LogP contribution in [0.15, 0.2) is 63.8 Å². The van der Waals surface area contributed by atoms with E-state index >= 15 is 0 Å². The fourth-order valence-electron chi connectivity index (χ4n) is 1.92. The van der Waals surface area contributed by atoms with Crippen molar-refractivity contribution in [2.24, 2.45) is 0 Å². The molecule has 2 aromatic carbocycles. The Kier molecular flexibility index (Phi) is 4.36. The standard InChI is InChI=1S/C15H12Br2N4/c16-14-6-1-11(9-15(14)17)10-18-12-2-4-13(5-3-12)21-19-7-8-20-21/h1-9,18H,10H2. The van der Waals surface area contributed by atoms with Crippen molar-refractivity contribution in [3.63, 3.8) is 0 Å². The maximum atomic E-state index is 4.10. The minimum atomic E-state index is 0.769. The second-order valence-electron chi connectivity index (χ2n) is 4.47. The van der Waals surface area contributed by atoms with Gasteiger partial charge in [-0.15, -0.1) is 0 Å². The molecule has 1 aromatic heterocycles. The highest BCUT2D eigenvalue weighted by atomic mass is 79.9. The largest absolute Gasteiger partial charge is 0.381 e. The molecule has 0 saturated heterocycles. The van der Waals surface area contributed by atoms with E-state index in [2.05, 4.69) is 59.5 Å². The predicted octanol–water partition coefficient (Wildman–Crippen LogP) is 4.40. The number of anilines is 1. The molecule has 1 N–H and O–H groups in total. The van der Waals surface area contributed by atoms with Crippen LogP contribution in [0.4, 0.5) is 5.69 Å². The van der Waals surface area contributed by atoms with Crippen molar-refractivity contribution < 1.29 is 0 Å². The summed E-state index contributed by atoms with van der Waals surface area (Å²) in [5, 5.41) is 11.6. The van der Waals surface area contributed by atoms with Gasteiger partial charge in [0.05, 0.1) is 18.1 Å². The molecule has 0 radical (unpaired) electrons. The van der Waals surface area contributed by atoms with Gasteiger partial charge in [0.2, 0.25) is 0 Å². The zero-order valence-electron chi connectivity index (χ0n) is 11.0. The third-order valence-corrected chi connectivity index (χ3v) is 4.88. The van der Waals surface area contributed by atoms with Gasteiger partial charge in [-0.1, -0.05) is 6.07 Å². The number of halogens is 2. The Balaban J connectivity index is 1.66. The van der Waals surface area contributed by atoms with Gasteiger partial charge < -0.3 is 5.32 Å². The average molecular weight is 408 g/mol. The lowest BCUT2D eigenvalue weighted by Crippen LogP contribution is -2.01. The first-order chi connectivity index (χ1) is 10.2. The van der Waals surface area contributed by atoms with Crippen LogP contribution in [0.5, 0.6) is 0 Å². The molecule has 1 heterocycles. The van der Waals surface area contributed by atoms with Crippen LogP contribution in [0, 0.1) is 0 Å². The van der Waals surface area contributed by atoms with Crippen LogP contribution < -0.4 is 5.32 Å². The van der Waals surface area contributed by atoms with Crippen LogP contribution in [-0.2, 0) is 6.54 Å². The molecule has 3 rings (SSSR count). The predicted molar refractivity (Wildman–Crippen MR) is 90.5 cm³/mol. The van der Waals surface area contributed by atoms with Gasteiger partial charge in [0, 0.05) is 21.2 Å². The molecule has 0 aliphatic heterocycles. The molecule has 3 aromatic rings. The van der Waals surface area contributed by atoms with Gasteiger partial charge in [-0.25, -0.2) is 0 Å². The van der Waals surface area contributed by atoms with Crippen molar-refractivity contribution in [1.82, 2.24) is 15.0 Å². The summed E-state index contributed by atoms with van der Waals surface area (Å²) in [4.78, 5) is 1.59. The van der Waals surface area contributed by atoms with Crippen molar-refractivity contribution in [3.05, 3.63) is 69.4 Å². The van der Waals surface area contributed by atoms with Gasteiger partial charge in [-0.3, -0.25) is 0 Å². The minimum absolute atomic E-state index is 0.769. The third-order valence-electron chi connectivity index (χ3n) is 3.00. The Morgan fingerprint density at radius 3 is 2.29 bits per heavy atom. The summed E-state index contributed by atoms with van der Waals surface area (Å²) in [7, 11) is 0. The molecule has 0 aliphatic rings. The first-order valence-electron chi connectivity index (χ1n) is 6.37. The van der Waals surface area contributed by atoms with E-state index in [4.69, 9.17) is 0 Å². The molecular weight excluding hydrogens is 396 g/mol. The van der Waals surface area contributed by atoms with Crippen molar-refractivity contribution in [2.45, 2.75) is 6.54 Å². The highest BCUT2D eigenvalue weighted by Gasteiger charge is 2.00. The molecule has 0 amide bonds. The molecule has 6 heteroatoms. The Morgan fingerprint density at radius 2 is 1.62 bits per heavy atom. The van der Waals surface area contributed by atoms with E-state index in [1.54, 1.807) is 17.2 Å². The van der Waals surface area contributed by atoms with Gasteiger partial charge in [0.25, 0.3) is 0 Å². The molecule has 0 fully saturated rings. The number of hydrogen-bond acceptors (Lipinski definition) is 3. The van der Waals surface area contributed by atoms with Gasteiger partial charge in [0.1, 0.15) is 0 Å². The van der Waals surface area contributed by atoms with Crippen LogP contribution in [0.3, 0.4) is 0 Å². The average Bonchev–Trinajstić information content (AvgIpc) is 3.03. The highest BCUT2D eigenvalue weighted by molar-refractivity contribution is 9.13. The number of aromatic nitrogens is 3. The Labute approximate surface area is 139 Å². The number of nitrogens with one attached hydrogen (secondary N) is 1. The topological polar surface area (TPSA) is 42.7 Å². The first kappa shape index (κ1) is 14.3. The summed E-state index contributed by atoms with van der Waals surface area (Å²) in [5.74, 6) is 0. The fourth-order valence-corrected chi connectivity index (χ4v) is 2.59. The van der Waals surface area contributed by atoms with Crippen molar-refractivity contribution >= 4 is 37.5 Å². The maximum Gasteiger partial charge on any atom is 0.0858 e. The van der Waals surface area contributed by atoms with E-state index in [1.807, 2.05) is 30.3 Å². The van der Waals surface area contributed by atoms with Crippen LogP contribution in [0.1, 0.15) is 5.56 Å². The molecule has 0 atom stereocenters. The molecule has 4 nitrogen and oxygen atoms in total. The van der Waals surface area contributed by atoms with Crippen LogP contribution in [-0.4, -0.2) is 15.0 Å². The van der Waals surface area contributed by atoms with Gasteiger partial charge in [-0.2, -0.15) is 15.0 Å². The van der Waals surface area contributed by atoms with Crippen LogP contribution in [0.25, 0.3) is 5.69 Å². The van der Waals surface area contributed by atoms with Gasteiger partial charge >= 0.3 is 0 Å². The molecule has 0 aliphatic carbocycles. The zero-order chi connectivity index (χ0) is 14.7. The quantitative estimate of drug-likeness (QED) is 0.696. The lowest BCUT2D eigenvalue weighted by molar-refractivity contribution is 0.752. The summed E-state index contributed by atoms with van der Waals surface area (Å²) in [5.41, 5.74) is 3.21. The highest BCUT2D eigenvalue weighted by Crippen LogP contribution is 2.24. The number of rotatable bonds is 4. The lowest BCUT2D eigenvalue weighted by Gasteiger charge is -2.08. The van der Waals surface area contributed by atoms with E-state index in [1.165, 1.54) is 5.56 Å². The molecule has 106 valence electrons. The molecule has 0 unspecified atom stereocenters. The van der Waals surface area contributed by atoms with Crippen LogP contribution >= 0.6 is 31.9 Å². The zero-order valence-corrected chi connectivity index (χ0v) is 14.2. The monoisotopic (exact) mass is 406 g/mol. The van der Waals surface area contributed by atoms with Gasteiger partial charge in [0.15, 0.2) is 0 Å². The van der Waals surface area contributed by atoms with E-state index in [0.717, 1.165) is 26.9 Å². The smallest absolute Gasteiger partial charge is 0.0858 e. The van der Waals surface area contributed by atoms with Crippen molar-refractivity contribution in [3.8, 4) is 5.69 Å². The first-order valence-corrected chi connectivity index (χ1v) is 7.95. The second-order valence-corrected chi connectivity index (χ2v) is 6.18. The summed E-state index contributed by atoms with van der Waals surface area (Å²) in [6.45, 7) is 0.769. The Bertz CT molecular complexity index is 724. The third kappa shape index (κ3) is 3.51. The Morgan fingerprint density at radius 1 is 0.905 bits per heavy atom. The molecule has 21 heavy (non-hydrogen) atoms. The maximum absolute atomic E-state index is 4.10. The normalized spacial score (nSPS) is 10.6. The molecular formula is C15H12Br2N4. The lowest BCUT2D eigenvalue weighted by atomic mass is 10.2. The molecule has 0 saturated carbocycles. The number of hydrogen-bond donors (Lipinski definition) is 1.